The van der Waals surface area contributed by atoms with Gasteiger partial charge in [0.2, 0.25) is 11.8 Å². The van der Waals surface area contributed by atoms with Gasteiger partial charge in [-0.05, 0) is 36.7 Å². The molecule has 0 aliphatic carbocycles. The maximum Gasteiger partial charge on any atom is 0.227 e. The van der Waals surface area contributed by atoms with Crippen molar-refractivity contribution in [2.45, 2.75) is 46.0 Å². The van der Waals surface area contributed by atoms with Gasteiger partial charge in [0.05, 0.1) is 12.3 Å². The fraction of sp³-hybridized carbons (Fsp3) is 0.619. The van der Waals surface area contributed by atoms with Gasteiger partial charge in [-0.15, -0.1) is 0 Å². The molecular formula is C21H30N2O2. The third-order valence-corrected chi connectivity index (χ3v) is 5.75. The molecule has 4 heteroatoms. The van der Waals surface area contributed by atoms with Gasteiger partial charge in [-0.25, -0.2) is 0 Å². The fourth-order valence-electron chi connectivity index (χ4n) is 3.88. The lowest BCUT2D eigenvalue weighted by Crippen LogP contribution is -2.49. The van der Waals surface area contributed by atoms with E-state index in [0.717, 1.165) is 50.9 Å². The van der Waals surface area contributed by atoms with Crippen LogP contribution in [0.15, 0.2) is 30.3 Å². The monoisotopic (exact) mass is 342 g/mol. The van der Waals surface area contributed by atoms with Crippen LogP contribution in [0.2, 0.25) is 0 Å². The number of piperidine rings is 2. The SMILES string of the molecule is CC1(C)CCN(C(=O)[C@@H]2CCCN(C(=O)Cc3ccccc3)C2)CC1. The molecule has 2 aliphatic rings. The third kappa shape index (κ3) is 4.62. The Morgan fingerprint density at radius 1 is 1.04 bits per heavy atom. The van der Waals surface area contributed by atoms with Crippen LogP contribution in [0.4, 0.5) is 0 Å². The lowest BCUT2D eigenvalue weighted by atomic mass is 9.82. The van der Waals surface area contributed by atoms with Crippen LogP contribution in [0, 0.1) is 11.3 Å². The largest absolute Gasteiger partial charge is 0.342 e. The minimum Gasteiger partial charge on any atom is -0.342 e. The average Bonchev–Trinajstić information content (AvgIpc) is 2.62. The van der Waals surface area contributed by atoms with E-state index in [9.17, 15) is 9.59 Å². The van der Waals surface area contributed by atoms with Gasteiger partial charge in [0.25, 0.3) is 0 Å². The van der Waals surface area contributed by atoms with E-state index in [-0.39, 0.29) is 17.7 Å². The van der Waals surface area contributed by atoms with Crippen LogP contribution in [0.3, 0.4) is 0 Å². The minimum atomic E-state index is -0.0188. The van der Waals surface area contributed by atoms with E-state index in [1.54, 1.807) is 0 Å². The molecule has 136 valence electrons. The molecule has 0 N–H and O–H groups in total. The minimum absolute atomic E-state index is 0.0188. The highest BCUT2D eigenvalue weighted by molar-refractivity contribution is 5.82. The Morgan fingerprint density at radius 2 is 1.72 bits per heavy atom. The van der Waals surface area contributed by atoms with Gasteiger partial charge >= 0.3 is 0 Å². The van der Waals surface area contributed by atoms with Crippen molar-refractivity contribution >= 4 is 11.8 Å². The van der Waals surface area contributed by atoms with Crippen molar-refractivity contribution < 1.29 is 9.59 Å². The molecule has 1 aromatic rings. The molecule has 2 amide bonds. The molecule has 0 radical (unpaired) electrons. The van der Waals surface area contributed by atoms with E-state index in [2.05, 4.69) is 13.8 Å². The van der Waals surface area contributed by atoms with Crippen molar-refractivity contribution in [1.29, 1.82) is 0 Å². The lowest BCUT2D eigenvalue weighted by molar-refractivity contribution is -0.142. The lowest BCUT2D eigenvalue weighted by Gasteiger charge is -2.40. The molecule has 1 aromatic carbocycles. The molecule has 4 nitrogen and oxygen atoms in total. The van der Waals surface area contributed by atoms with Crippen molar-refractivity contribution in [3.8, 4) is 0 Å². The molecule has 25 heavy (non-hydrogen) atoms. The Kier molecular flexibility index (Phi) is 5.45. The van der Waals surface area contributed by atoms with E-state index in [1.807, 2.05) is 40.1 Å². The number of carbonyl (C=O) groups excluding carboxylic acids is 2. The molecule has 2 saturated heterocycles. The molecule has 2 fully saturated rings. The maximum absolute atomic E-state index is 12.9. The van der Waals surface area contributed by atoms with Crippen molar-refractivity contribution in [2.24, 2.45) is 11.3 Å². The zero-order valence-electron chi connectivity index (χ0n) is 15.5. The zero-order valence-corrected chi connectivity index (χ0v) is 15.5. The number of amides is 2. The normalized spacial score (nSPS) is 23.4. The van der Waals surface area contributed by atoms with Crippen LogP contribution in [0.25, 0.3) is 0 Å². The Bertz CT molecular complexity index is 602. The Morgan fingerprint density at radius 3 is 2.40 bits per heavy atom. The Balaban J connectivity index is 1.55. The first-order chi connectivity index (χ1) is 11.9. The molecule has 3 rings (SSSR count). The first-order valence-electron chi connectivity index (χ1n) is 9.55. The average molecular weight is 342 g/mol. The second-order valence-electron chi connectivity index (χ2n) is 8.33. The number of hydrogen-bond acceptors (Lipinski definition) is 2. The summed E-state index contributed by atoms with van der Waals surface area (Å²) >= 11 is 0. The topological polar surface area (TPSA) is 40.6 Å². The summed E-state index contributed by atoms with van der Waals surface area (Å²) in [7, 11) is 0. The number of benzene rings is 1. The number of carbonyl (C=O) groups is 2. The van der Waals surface area contributed by atoms with Gasteiger partial charge in [0.1, 0.15) is 0 Å². The number of likely N-dealkylation sites (tertiary alicyclic amines) is 2. The molecule has 0 unspecified atom stereocenters. The zero-order chi connectivity index (χ0) is 17.9. The molecule has 2 heterocycles. The van der Waals surface area contributed by atoms with Crippen molar-refractivity contribution in [2.75, 3.05) is 26.2 Å². The van der Waals surface area contributed by atoms with Crippen molar-refractivity contribution in [1.82, 2.24) is 9.80 Å². The summed E-state index contributed by atoms with van der Waals surface area (Å²) in [5, 5.41) is 0. The third-order valence-electron chi connectivity index (χ3n) is 5.75. The molecule has 0 aromatic heterocycles. The first kappa shape index (κ1) is 18.0. The summed E-state index contributed by atoms with van der Waals surface area (Å²) in [6.45, 7) is 7.65. The highest BCUT2D eigenvalue weighted by Gasteiger charge is 2.34. The molecule has 0 spiro atoms. The predicted octanol–water partition coefficient (Wildman–Crippen LogP) is 3.12. The Labute approximate surface area is 151 Å². The van der Waals surface area contributed by atoms with Crippen LogP contribution < -0.4 is 0 Å². The molecule has 1 atom stereocenters. The van der Waals surface area contributed by atoms with Gasteiger partial charge < -0.3 is 9.80 Å². The summed E-state index contributed by atoms with van der Waals surface area (Å²) in [5.74, 6) is 0.380. The highest BCUT2D eigenvalue weighted by atomic mass is 16.2. The predicted molar refractivity (Wildman–Crippen MR) is 99.0 cm³/mol. The summed E-state index contributed by atoms with van der Waals surface area (Å²) in [5.41, 5.74) is 1.39. The van der Waals surface area contributed by atoms with Gasteiger partial charge in [0.15, 0.2) is 0 Å². The van der Waals surface area contributed by atoms with Crippen molar-refractivity contribution in [3.05, 3.63) is 35.9 Å². The van der Waals surface area contributed by atoms with Crippen LogP contribution in [0.1, 0.15) is 45.1 Å². The van der Waals surface area contributed by atoms with E-state index < -0.39 is 0 Å². The van der Waals surface area contributed by atoms with Crippen LogP contribution in [0.5, 0.6) is 0 Å². The fourth-order valence-corrected chi connectivity index (χ4v) is 3.88. The molecule has 0 saturated carbocycles. The van der Waals surface area contributed by atoms with Crippen LogP contribution >= 0.6 is 0 Å². The van der Waals surface area contributed by atoms with Crippen LogP contribution in [-0.2, 0) is 16.0 Å². The summed E-state index contributed by atoms with van der Waals surface area (Å²) in [6, 6.07) is 9.86. The van der Waals surface area contributed by atoms with Gasteiger partial charge in [-0.1, -0.05) is 44.2 Å². The first-order valence-corrected chi connectivity index (χ1v) is 9.55. The van der Waals surface area contributed by atoms with Crippen LogP contribution in [-0.4, -0.2) is 47.8 Å². The van der Waals surface area contributed by atoms with E-state index in [0.29, 0.717) is 18.4 Å². The molecule has 2 aliphatic heterocycles. The van der Waals surface area contributed by atoms with Crippen molar-refractivity contribution in [3.63, 3.8) is 0 Å². The smallest absolute Gasteiger partial charge is 0.227 e. The standard InChI is InChI=1S/C21H30N2O2/c1-21(2)10-13-22(14-11-21)20(25)18-9-6-12-23(16-18)19(24)15-17-7-4-3-5-8-17/h3-5,7-8,18H,6,9-16H2,1-2H3/t18-/m1/s1. The second kappa shape index (κ2) is 7.59. The van der Waals surface area contributed by atoms with E-state index >= 15 is 0 Å². The summed E-state index contributed by atoms with van der Waals surface area (Å²) in [6.07, 6.45) is 4.41. The van der Waals surface area contributed by atoms with E-state index in [1.165, 1.54) is 0 Å². The highest BCUT2D eigenvalue weighted by Crippen LogP contribution is 2.31. The maximum atomic E-state index is 12.9. The quantitative estimate of drug-likeness (QED) is 0.847. The molecular weight excluding hydrogens is 312 g/mol. The van der Waals surface area contributed by atoms with Gasteiger partial charge in [-0.2, -0.15) is 0 Å². The molecule has 0 bridgehead atoms. The van der Waals surface area contributed by atoms with Gasteiger partial charge in [-0.3, -0.25) is 9.59 Å². The summed E-state index contributed by atoms with van der Waals surface area (Å²) < 4.78 is 0. The second-order valence-corrected chi connectivity index (χ2v) is 8.33. The Hall–Kier alpha value is -1.84. The van der Waals surface area contributed by atoms with Gasteiger partial charge in [0, 0.05) is 26.2 Å². The number of nitrogens with zero attached hydrogens (tertiary/aromatic N) is 2. The number of hydrogen-bond donors (Lipinski definition) is 0. The van der Waals surface area contributed by atoms with E-state index in [4.69, 9.17) is 0 Å². The number of rotatable bonds is 3. The summed E-state index contributed by atoms with van der Waals surface area (Å²) in [4.78, 5) is 29.4.